The second-order valence-electron chi connectivity index (χ2n) is 3.98. The minimum Gasteiger partial charge on any atom is -0.481 e. The first-order chi connectivity index (χ1) is 8.32. The molecule has 0 bridgehead atoms. The molecular formula is C11H13FN2O4. The molecule has 1 rings (SSSR count). The van der Waals surface area contributed by atoms with Gasteiger partial charge in [0.15, 0.2) is 0 Å². The van der Waals surface area contributed by atoms with E-state index in [0.29, 0.717) is 0 Å². The highest BCUT2D eigenvalue weighted by Gasteiger charge is 2.22. The summed E-state index contributed by atoms with van der Waals surface area (Å²) in [5, 5.41) is 22.3. The van der Waals surface area contributed by atoms with Crippen molar-refractivity contribution in [1.29, 1.82) is 0 Å². The summed E-state index contributed by atoms with van der Waals surface area (Å²) in [7, 11) is 0. The van der Waals surface area contributed by atoms with Gasteiger partial charge in [-0.2, -0.15) is 0 Å². The topological polar surface area (TPSA) is 92.5 Å². The Morgan fingerprint density at radius 1 is 1.50 bits per heavy atom. The van der Waals surface area contributed by atoms with Crippen molar-refractivity contribution in [3.8, 4) is 0 Å². The van der Waals surface area contributed by atoms with Crippen LogP contribution in [0.25, 0.3) is 0 Å². The van der Waals surface area contributed by atoms with Gasteiger partial charge >= 0.3 is 5.97 Å². The summed E-state index contributed by atoms with van der Waals surface area (Å²) in [6.07, 6.45) is 0. The van der Waals surface area contributed by atoms with E-state index >= 15 is 0 Å². The third-order valence-electron chi connectivity index (χ3n) is 2.68. The molecule has 2 unspecified atom stereocenters. The largest absolute Gasteiger partial charge is 0.481 e. The highest BCUT2D eigenvalue weighted by molar-refractivity contribution is 5.72. The number of hydrogen-bond acceptors (Lipinski definition) is 4. The molecule has 0 saturated carbocycles. The third kappa shape index (κ3) is 3.16. The molecular weight excluding hydrogens is 243 g/mol. The molecule has 0 aliphatic carbocycles. The van der Waals surface area contributed by atoms with Crippen LogP contribution < -0.4 is 5.32 Å². The first-order valence-corrected chi connectivity index (χ1v) is 5.26. The van der Waals surface area contributed by atoms with Crippen LogP contribution in [0.5, 0.6) is 0 Å². The van der Waals surface area contributed by atoms with Gasteiger partial charge in [0.25, 0.3) is 5.69 Å². The van der Waals surface area contributed by atoms with Crippen molar-refractivity contribution < 1.29 is 19.2 Å². The summed E-state index contributed by atoms with van der Waals surface area (Å²) in [5.41, 5.74) is -0.318. The predicted octanol–water partition coefficient (Wildman–Crippen LogP) is 2.25. The molecule has 0 saturated heterocycles. The quantitative estimate of drug-likeness (QED) is 0.622. The number of carbonyl (C=O) groups is 1. The van der Waals surface area contributed by atoms with Crippen molar-refractivity contribution in [2.24, 2.45) is 5.92 Å². The molecule has 98 valence electrons. The summed E-state index contributed by atoms with van der Waals surface area (Å²) in [6.45, 7) is 3.07. The van der Waals surface area contributed by atoms with Crippen molar-refractivity contribution in [3.63, 3.8) is 0 Å². The first kappa shape index (κ1) is 13.9. The zero-order chi connectivity index (χ0) is 13.9. The number of carboxylic acid groups (broad SMARTS) is 1. The fourth-order valence-electron chi connectivity index (χ4n) is 1.36. The van der Waals surface area contributed by atoms with Crippen LogP contribution in [-0.2, 0) is 4.79 Å². The lowest BCUT2D eigenvalue weighted by Crippen LogP contribution is -2.29. The number of anilines is 1. The summed E-state index contributed by atoms with van der Waals surface area (Å²) in [5.74, 6) is -2.46. The molecule has 0 aliphatic heterocycles. The number of nitro benzene ring substituents is 1. The van der Waals surface area contributed by atoms with Crippen LogP contribution in [-0.4, -0.2) is 22.0 Å². The van der Waals surface area contributed by atoms with Crippen molar-refractivity contribution in [3.05, 3.63) is 34.1 Å². The molecule has 0 heterocycles. The van der Waals surface area contributed by atoms with E-state index in [2.05, 4.69) is 5.32 Å². The molecule has 18 heavy (non-hydrogen) atoms. The third-order valence-corrected chi connectivity index (χ3v) is 2.68. The molecule has 1 aromatic carbocycles. The van der Waals surface area contributed by atoms with Crippen LogP contribution in [0.3, 0.4) is 0 Å². The smallest absolute Gasteiger partial charge is 0.308 e. The van der Waals surface area contributed by atoms with Gasteiger partial charge in [-0.15, -0.1) is 0 Å². The molecule has 0 spiro atoms. The maximum Gasteiger partial charge on any atom is 0.308 e. The van der Waals surface area contributed by atoms with Crippen LogP contribution >= 0.6 is 0 Å². The van der Waals surface area contributed by atoms with Crippen molar-refractivity contribution in [2.75, 3.05) is 5.32 Å². The van der Waals surface area contributed by atoms with E-state index in [-0.39, 0.29) is 5.69 Å². The molecule has 0 amide bonds. The van der Waals surface area contributed by atoms with E-state index < -0.39 is 34.4 Å². The SMILES string of the molecule is CC(Nc1ccc(F)cc1[N+](=O)[O-])C(C)C(=O)O. The molecule has 6 nitrogen and oxygen atoms in total. The van der Waals surface area contributed by atoms with Gasteiger partial charge in [-0.05, 0) is 26.0 Å². The van der Waals surface area contributed by atoms with Gasteiger partial charge in [0, 0.05) is 6.04 Å². The minimum absolute atomic E-state index is 0.0991. The van der Waals surface area contributed by atoms with Gasteiger partial charge in [-0.25, -0.2) is 4.39 Å². The van der Waals surface area contributed by atoms with Crippen LogP contribution in [0, 0.1) is 21.8 Å². The minimum atomic E-state index is -1.01. The Balaban J connectivity index is 2.97. The molecule has 0 aliphatic rings. The van der Waals surface area contributed by atoms with Crippen LogP contribution in [0.15, 0.2) is 18.2 Å². The van der Waals surface area contributed by atoms with E-state index in [0.717, 1.165) is 12.1 Å². The number of benzene rings is 1. The Morgan fingerprint density at radius 2 is 2.11 bits per heavy atom. The maximum atomic E-state index is 12.9. The Bertz CT molecular complexity index is 478. The number of nitrogens with zero attached hydrogens (tertiary/aromatic N) is 1. The Labute approximate surface area is 103 Å². The lowest BCUT2D eigenvalue weighted by atomic mass is 10.0. The van der Waals surface area contributed by atoms with Gasteiger partial charge in [-0.3, -0.25) is 14.9 Å². The molecule has 7 heteroatoms. The van der Waals surface area contributed by atoms with E-state index in [9.17, 15) is 19.3 Å². The Morgan fingerprint density at radius 3 is 2.61 bits per heavy atom. The molecule has 1 aromatic rings. The Kier molecular flexibility index (Phi) is 4.19. The highest BCUT2D eigenvalue weighted by Crippen LogP contribution is 2.26. The van der Waals surface area contributed by atoms with E-state index in [1.165, 1.54) is 13.0 Å². The predicted molar refractivity (Wildman–Crippen MR) is 62.9 cm³/mol. The molecule has 0 aromatic heterocycles. The van der Waals surface area contributed by atoms with Crippen LogP contribution in [0.2, 0.25) is 0 Å². The van der Waals surface area contributed by atoms with Crippen molar-refractivity contribution in [1.82, 2.24) is 0 Å². The lowest BCUT2D eigenvalue weighted by Gasteiger charge is -2.18. The second-order valence-corrected chi connectivity index (χ2v) is 3.98. The van der Waals surface area contributed by atoms with Crippen LogP contribution in [0.4, 0.5) is 15.8 Å². The molecule has 0 radical (unpaired) electrons. The number of halogens is 1. The van der Waals surface area contributed by atoms with Gasteiger partial charge in [0.2, 0.25) is 0 Å². The van der Waals surface area contributed by atoms with Gasteiger partial charge < -0.3 is 10.4 Å². The number of carboxylic acids is 1. The van der Waals surface area contributed by atoms with E-state index in [1.807, 2.05) is 0 Å². The van der Waals surface area contributed by atoms with Gasteiger partial charge in [0.05, 0.1) is 16.9 Å². The van der Waals surface area contributed by atoms with Gasteiger partial charge in [-0.1, -0.05) is 0 Å². The normalized spacial score (nSPS) is 13.7. The summed E-state index contributed by atoms with van der Waals surface area (Å²) >= 11 is 0. The number of nitrogens with one attached hydrogen (secondary N) is 1. The van der Waals surface area contributed by atoms with Crippen molar-refractivity contribution in [2.45, 2.75) is 19.9 Å². The molecule has 2 atom stereocenters. The average Bonchev–Trinajstić information content (AvgIpc) is 2.29. The maximum absolute atomic E-state index is 12.9. The number of nitro groups is 1. The lowest BCUT2D eigenvalue weighted by molar-refractivity contribution is -0.384. The summed E-state index contributed by atoms with van der Waals surface area (Å²) in [4.78, 5) is 20.8. The average molecular weight is 256 g/mol. The zero-order valence-electron chi connectivity index (χ0n) is 9.88. The second kappa shape index (κ2) is 5.44. The van der Waals surface area contributed by atoms with Crippen molar-refractivity contribution >= 4 is 17.3 Å². The molecule has 2 N–H and O–H groups in total. The standard InChI is InChI=1S/C11H13FN2O4/c1-6(11(15)16)7(2)13-9-4-3-8(12)5-10(9)14(17)18/h3-7,13H,1-2H3,(H,15,16). The first-order valence-electron chi connectivity index (χ1n) is 5.26. The number of aliphatic carboxylic acids is 1. The zero-order valence-corrected chi connectivity index (χ0v) is 9.88. The van der Waals surface area contributed by atoms with E-state index in [4.69, 9.17) is 5.11 Å². The summed E-state index contributed by atoms with van der Waals surface area (Å²) in [6, 6.07) is 2.57. The fourth-order valence-corrected chi connectivity index (χ4v) is 1.36. The van der Waals surface area contributed by atoms with Gasteiger partial charge in [0.1, 0.15) is 11.5 Å². The number of rotatable bonds is 5. The summed E-state index contributed by atoms with van der Waals surface area (Å²) < 4.78 is 12.9. The number of hydrogen-bond donors (Lipinski definition) is 2. The highest BCUT2D eigenvalue weighted by atomic mass is 19.1. The monoisotopic (exact) mass is 256 g/mol. The van der Waals surface area contributed by atoms with E-state index in [1.54, 1.807) is 6.92 Å². The fraction of sp³-hybridized carbons (Fsp3) is 0.364. The molecule has 0 fully saturated rings. The van der Waals surface area contributed by atoms with Crippen LogP contribution in [0.1, 0.15) is 13.8 Å². The Hall–Kier alpha value is -2.18.